The summed E-state index contributed by atoms with van der Waals surface area (Å²) >= 11 is 6.68. The molecule has 0 bridgehead atoms. The van der Waals surface area contributed by atoms with Gasteiger partial charge in [0.15, 0.2) is 0 Å². The maximum absolute atomic E-state index is 13.2. The van der Waals surface area contributed by atoms with Gasteiger partial charge in [0.05, 0.1) is 11.6 Å². The molecule has 5 heteroatoms. The first-order chi connectivity index (χ1) is 9.51. The second kappa shape index (κ2) is 6.70. The number of rotatable bonds is 4. The summed E-state index contributed by atoms with van der Waals surface area (Å²) in [5.74, 6) is 0.499. The first kappa shape index (κ1) is 15.5. The molecular weight excluding hydrogens is 389 g/mol. The number of hydrogen-bond donors (Lipinski definition) is 1. The van der Waals surface area contributed by atoms with E-state index < -0.39 is 0 Å². The summed E-state index contributed by atoms with van der Waals surface area (Å²) in [6, 6.07) is 10.4. The summed E-state index contributed by atoms with van der Waals surface area (Å²) in [7, 11) is 1.63. The van der Waals surface area contributed by atoms with Crippen LogP contribution < -0.4 is 10.5 Å². The molecule has 0 aliphatic rings. The Balaban J connectivity index is 2.22. The van der Waals surface area contributed by atoms with Gasteiger partial charge >= 0.3 is 0 Å². The molecule has 0 heterocycles. The summed E-state index contributed by atoms with van der Waals surface area (Å²) in [6.07, 6.45) is 0.635. The minimum atomic E-state index is -0.288. The molecule has 2 N–H and O–H groups in total. The van der Waals surface area contributed by atoms with Crippen molar-refractivity contribution in [2.45, 2.75) is 12.5 Å². The monoisotopic (exact) mass is 401 g/mol. The Kier molecular flexibility index (Phi) is 5.18. The second-order valence-electron chi connectivity index (χ2n) is 4.44. The van der Waals surface area contributed by atoms with Crippen LogP contribution in [-0.2, 0) is 6.42 Å². The summed E-state index contributed by atoms with van der Waals surface area (Å²) in [4.78, 5) is 0. The lowest BCUT2D eigenvalue weighted by Crippen LogP contribution is -2.14. The van der Waals surface area contributed by atoms with Gasteiger partial charge in [0.25, 0.3) is 0 Å². The molecule has 0 aromatic heterocycles. The third-order valence-electron chi connectivity index (χ3n) is 3.06. The lowest BCUT2D eigenvalue weighted by Gasteiger charge is -2.15. The molecule has 20 heavy (non-hydrogen) atoms. The van der Waals surface area contributed by atoms with Crippen LogP contribution in [0.4, 0.5) is 4.39 Å². The molecule has 2 nitrogen and oxygen atoms in total. The number of halogens is 3. The topological polar surface area (TPSA) is 35.2 Å². The minimum Gasteiger partial charge on any atom is -0.497 e. The normalized spacial score (nSPS) is 12.2. The number of nitrogens with two attached hydrogens (primary N) is 1. The van der Waals surface area contributed by atoms with Crippen LogP contribution in [0.3, 0.4) is 0 Å². The van der Waals surface area contributed by atoms with E-state index in [-0.39, 0.29) is 11.9 Å². The first-order valence-electron chi connectivity index (χ1n) is 6.04. The molecule has 0 amide bonds. The average Bonchev–Trinajstić information content (AvgIpc) is 2.44. The lowest BCUT2D eigenvalue weighted by molar-refractivity contribution is 0.414. The zero-order valence-electron chi connectivity index (χ0n) is 10.9. The zero-order valence-corrected chi connectivity index (χ0v) is 14.0. The van der Waals surface area contributed by atoms with Crippen molar-refractivity contribution in [2.75, 3.05) is 7.11 Å². The van der Waals surface area contributed by atoms with E-state index in [0.29, 0.717) is 10.9 Å². The van der Waals surface area contributed by atoms with Crippen LogP contribution in [0.2, 0.25) is 0 Å². The summed E-state index contributed by atoms with van der Waals surface area (Å²) < 4.78 is 19.9. The van der Waals surface area contributed by atoms with Gasteiger partial charge in [0.2, 0.25) is 0 Å². The van der Waals surface area contributed by atoms with Crippen molar-refractivity contribution in [1.82, 2.24) is 0 Å². The van der Waals surface area contributed by atoms with Crippen LogP contribution in [0, 0.1) is 5.82 Å². The van der Waals surface area contributed by atoms with Crippen LogP contribution in [-0.4, -0.2) is 7.11 Å². The Morgan fingerprint density at radius 3 is 2.55 bits per heavy atom. The van der Waals surface area contributed by atoms with E-state index in [1.165, 1.54) is 6.07 Å². The SMILES string of the molecule is COc1ccc(Br)c(CC(N)c2ccc(F)c(Br)c2)c1. The smallest absolute Gasteiger partial charge is 0.137 e. The number of benzene rings is 2. The maximum atomic E-state index is 13.2. The van der Waals surface area contributed by atoms with Crippen molar-refractivity contribution in [3.63, 3.8) is 0 Å². The summed E-state index contributed by atoms with van der Waals surface area (Å²) in [5, 5.41) is 0. The van der Waals surface area contributed by atoms with Gasteiger partial charge in [-0.2, -0.15) is 0 Å². The molecule has 0 aliphatic carbocycles. The summed E-state index contributed by atoms with van der Waals surface area (Å²) in [6.45, 7) is 0. The first-order valence-corrected chi connectivity index (χ1v) is 7.63. The van der Waals surface area contributed by atoms with Crippen molar-refractivity contribution in [1.29, 1.82) is 0 Å². The Labute approximate surface area is 134 Å². The van der Waals surface area contributed by atoms with E-state index in [9.17, 15) is 4.39 Å². The molecule has 2 rings (SSSR count). The van der Waals surface area contributed by atoms with E-state index >= 15 is 0 Å². The zero-order chi connectivity index (χ0) is 14.7. The fourth-order valence-corrected chi connectivity index (χ4v) is 2.74. The van der Waals surface area contributed by atoms with Gasteiger partial charge in [-0.15, -0.1) is 0 Å². The van der Waals surface area contributed by atoms with Gasteiger partial charge in [-0.05, 0) is 63.8 Å². The van der Waals surface area contributed by atoms with Gasteiger partial charge in [-0.25, -0.2) is 4.39 Å². The third-order valence-corrected chi connectivity index (χ3v) is 4.45. The average molecular weight is 403 g/mol. The highest BCUT2D eigenvalue weighted by Crippen LogP contribution is 2.28. The molecule has 0 saturated carbocycles. The lowest BCUT2D eigenvalue weighted by atomic mass is 9.99. The molecule has 0 radical (unpaired) electrons. The highest BCUT2D eigenvalue weighted by molar-refractivity contribution is 9.10. The van der Waals surface area contributed by atoms with Crippen LogP contribution in [0.1, 0.15) is 17.2 Å². The number of hydrogen-bond acceptors (Lipinski definition) is 2. The van der Waals surface area contributed by atoms with Gasteiger partial charge < -0.3 is 10.5 Å². The van der Waals surface area contributed by atoms with Crippen LogP contribution >= 0.6 is 31.9 Å². The Morgan fingerprint density at radius 2 is 1.90 bits per heavy atom. The van der Waals surface area contributed by atoms with Crippen molar-refractivity contribution < 1.29 is 9.13 Å². The summed E-state index contributed by atoms with van der Waals surface area (Å²) in [5.41, 5.74) is 8.14. The molecule has 0 saturated heterocycles. The Bertz CT molecular complexity index is 619. The Hall–Kier alpha value is -0.910. The molecule has 0 aliphatic heterocycles. The van der Waals surface area contributed by atoms with E-state index in [1.54, 1.807) is 19.2 Å². The second-order valence-corrected chi connectivity index (χ2v) is 6.15. The van der Waals surface area contributed by atoms with Gasteiger partial charge in [-0.3, -0.25) is 0 Å². The van der Waals surface area contributed by atoms with Crippen molar-refractivity contribution in [3.05, 3.63) is 62.3 Å². The predicted octanol–water partition coefficient (Wildman–Crippen LogP) is 4.60. The Morgan fingerprint density at radius 1 is 1.15 bits per heavy atom. The van der Waals surface area contributed by atoms with Crippen LogP contribution in [0.5, 0.6) is 5.75 Å². The maximum Gasteiger partial charge on any atom is 0.137 e. The number of methoxy groups -OCH3 is 1. The molecule has 2 aromatic carbocycles. The van der Waals surface area contributed by atoms with Crippen LogP contribution in [0.15, 0.2) is 45.3 Å². The molecule has 0 fully saturated rings. The molecule has 0 spiro atoms. The largest absolute Gasteiger partial charge is 0.497 e. The van der Waals surface area contributed by atoms with E-state index in [2.05, 4.69) is 31.9 Å². The molecule has 2 aromatic rings. The van der Waals surface area contributed by atoms with Gasteiger partial charge in [0.1, 0.15) is 11.6 Å². The van der Waals surface area contributed by atoms with E-state index in [1.807, 2.05) is 18.2 Å². The fraction of sp³-hybridized carbons (Fsp3) is 0.200. The highest BCUT2D eigenvalue weighted by Gasteiger charge is 2.12. The third kappa shape index (κ3) is 3.59. The van der Waals surface area contributed by atoms with Crippen molar-refractivity contribution in [3.8, 4) is 5.75 Å². The molecular formula is C15H14Br2FNO. The molecule has 1 atom stereocenters. The standard InChI is InChI=1S/C15H14Br2FNO/c1-20-11-3-4-12(16)10(6-11)8-15(19)9-2-5-14(18)13(17)7-9/h2-7,15H,8,19H2,1H3. The minimum absolute atomic E-state index is 0.213. The fourth-order valence-electron chi connectivity index (χ4n) is 1.93. The van der Waals surface area contributed by atoms with Gasteiger partial charge in [0, 0.05) is 10.5 Å². The van der Waals surface area contributed by atoms with Crippen molar-refractivity contribution in [2.24, 2.45) is 5.73 Å². The van der Waals surface area contributed by atoms with Crippen LogP contribution in [0.25, 0.3) is 0 Å². The van der Waals surface area contributed by atoms with E-state index in [0.717, 1.165) is 21.3 Å². The van der Waals surface area contributed by atoms with E-state index in [4.69, 9.17) is 10.5 Å². The highest BCUT2D eigenvalue weighted by atomic mass is 79.9. The molecule has 106 valence electrons. The predicted molar refractivity (Wildman–Crippen MR) is 85.4 cm³/mol. The molecule has 1 unspecified atom stereocenters. The van der Waals surface area contributed by atoms with Crippen molar-refractivity contribution >= 4 is 31.9 Å². The number of ether oxygens (including phenoxy) is 1. The quantitative estimate of drug-likeness (QED) is 0.810. The van der Waals surface area contributed by atoms with Gasteiger partial charge in [-0.1, -0.05) is 22.0 Å².